The number of benzene rings is 1. The molecular formula is C20H28O5. The van der Waals surface area contributed by atoms with E-state index in [1.54, 1.807) is 7.11 Å². The summed E-state index contributed by atoms with van der Waals surface area (Å²) >= 11 is 0. The van der Waals surface area contributed by atoms with Gasteiger partial charge in [0.15, 0.2) is 0 Å². The maximum absolute atomic E-state index is 11.0. The quantitative estimate of drug-likeness (QED) is 0.406. The van der Waals surface area contributed by atoms with Gasteiger partial charge in [0.05, 0.1) is 26.4 Å². The van der Waals surface area contributed by atoms with E-state index >= 15 is 0 Å². The highest BCUT2D eigenvalue weighted by Gasteiger charge is 2.34. The first-order valence-corrected chi connectivity index (χ1v) is 8.69. The van der Waals surface area contributed by atoms with Gasteiger partial charge in [0.2, 0.25) is 6.29 Å². The van der Waals surface area contributed by atoms with Crippen molar-refractivity contribution in [2.45, 2.75) is 52.6 Å². The minimum Gasteiger partial charge on any atom is -0.497 e. The van der Waals surface area contributed by atoms with Crippen molar-refractivity contribution in [3.8, 4) is 5.75 Å². The van der Waals surface area contributed by atoms with E-state index in [4.69, 9.17) is 18.9 Å². The van der Waals surface area contributed by atoms with Gasteiger partial charge in [-0.05, 0) is 42.5 Å². The lowest BCUT2D eigenvalue weighted by Gasteiger charge is -2.16. The molecule has 1 aromatic carbocycles. The summed E-state index contributed by atoms with van der Waals surface area (Å²) < 4.78 is 21.8. The number of carbonyl (C=O) groups excluding carboxylic acids is 1. The molecule has 5 heteroatoms. The highest BCUT2D eigenvalue weighted by Crippen LogP contribution is 2.31. The van der Waals surface area contributed by atoms with Crippen LogP contribution in [0.4, 0.5) is 0 Å². The molecule has 3 atom stereocenters. The normalized spacial score (nSPS) is 23.5. The summed E-state index contributed by atoms with van der Waals surface area (Å²) in [7, 11) is 1.66. The Balaban J connectivity index is 1.71. The molecule has 1 saturated heterocycles. The number of hydrogen-bond acceptors (Lipinski definition) is 5. The van der Waals surface area contributed by atoms with Gasteiger partial charge in [-0.15, -0.1) is 0 Å². The van der Waals surface area contributed by atoms with Crippen molar-refractivity contribution in [1.29, 1.82) is 0 Å². The average Bonchev–Trinajstić information content (AvgIpc) is 2.94. The first-order chi connectivity index (χ1) is 12.0. The van der Waals surface area contributed by atoms with Crippen molar-refractivity contribution in [2.24, 2.45) is 5.92 Å². The molecule has 1 fully saturated rings. The molecular weight excluding hydrogens is 320 g/mol. The summed E-state index contributed by atoms with van der Waals surface area (Å²) in [5, 5.41) is 0. The van der Waals surface area contributed by atoms with Crippen molar-refractivity contribution >= 4 is 5.97 Å². The topological polar surface area (TPSA) is 54.0 Å². The molecule has 1 heterocycles. The third-order valence-electron chi connectivity index (χ3n) is 4.28. The van der Waals surface area contributed by atoms with Gasteiger partial charge in [-0.1, -0.05) is 25.1 Å². The van der Waals surface area contributed by atoms with Crippen LogP contribution in [-0.2, 0) is 25.6 Å². The van der Waals surface area contributed by atoms with Crippen molar-refractivity contribution < 1.29 is 23.7 Å². The van der Waals surface area contributed by atoms with E-state index in [0.29, 0.717) is 19.1 Å². The fourth-order valence-corrected chi connectivity index (χ4v) is 3.00. The van der Waals surface area contributed by atoms with E-state index in [-0.39, 0.29) is 12.1 Å². The van der Waals surface area contributed by atoms with Crippen LogP contribution in [0.15, 0.2) is 35.9 Å². The lowest BCUT2D eigenvalue weighted by atomic mass is 9.97. The third-order valence-corrected chi connectivity index (χ3v) is 4.28. The Morgan fingerprint density at radius 1 is 1.28 bits per heavy atom. The molecule has 25 heavy (non-hydrogen) atoms. The predicted molar refractivity (Wildman–Crippen MR) is 95.2 cm³/mol. The number of esters is 1. The van der Waals surface area contributed by atoms with Crippen LogP contribution >= 0.6 is 0 Å². The summed E-state index contributed by atoms with van der Waals surface area (Å²) in [6, 6.07) is 7.87. The van der Waals surface area contributed by atoms with Crippen LogP contribution in [0.1, 0.15) is 39.2 Å². The standard InChI is InChI=1S/C20H28O5/c1-14(20-15(2)12-19(25-20)24-16(3)21)6-5-11-23-13-17-7-9-18(22-4)10-8-17/h6-10,15,19-20H,5,11-13H2,1-4H3/b14-6+/t15-,19+,20+/m1/s1. The number of hydrogen-bond donors (Lipinski definition) is 0. The van der Waals surface area contributed by atoms with Gasteiger partial charge in [0.1, 0.15) is 5.75 Å². The van der Waals surface area contributed by atoms with Gasteiger partial charge in [-0.25, -0.2) is 0 Å². The molecule has 1 aromatic rings. The molecule has 0 amide bonds. The first-order valence-electron chi connectivity index (χ1n) is 8.69. The molecule has 0 bridgehead atoms. The predicted octanol–water partition coefficient (Wildman–Crippen LogP) is 3.86. The van der Waals surface area contributed by atoms with E-state index in [1.165, 1.54) is 6.92 Å². The highest BCUT2D eigenvalue weighted by atomic mass is 16.7. The Morgan fingerprint density at radius 2 is 2.00 bits per heavy atom. The van der Waals surface area contributed by atoms with Gasteiger partial charge in [-0.2, -0.15) is 0 Å². The Morgan fingerprint density at radius 3 is 2.64 bits per heavy atom. The first kappa shape index (κ1) is 19.5. The van der Waals surface area contributed by atoms with Crippen molar-refractivity contribution in [1.82, 2.24) is 0 Å². The second-order valence-corrected chi connectivity index (χ2v) is 6.45. The number of carbonyl (C=O) groups is 1. The third kappa shape index (κ3) is 6.18. The maximum atomic E-state index is 11.0. The molecule has 138 valence electrons. The smallest absolute Gasteiger partial charge is 0.304 e. The minimum absolute atomic E-state index is 0.00550. The molecule has 0 aromatic heterocycles. The molecule has 2 rings (SSSR count). The number of ether oxygens (including phenoxy) is 4. The molecule has 0 aliphatic carbocycles. The number of methoxy groups -OCH3 is 1. The van der Waals surface area contributed by atoms with Gasteiger partial charge in [0, 0.05) is 13.3 Å². The monoisotopic (exact) mass is 348 g/mol. The zero-order valence-electron chi connectivity index (χ0n) is 15.5. The molecule has 5 nitrogen and oxygen atoms in total. The SMILES string of the molecule is COc1ccc(COCC/C=C(\C)[C@@H]2O[C@H](OC(C)=O)C[C@H]2C)cc1. The van der Waals surface area contributed by atoms with Gasteiger partial charge in [0.25, 0.3) is 0 Å². The van der Waals surface area contributed by atoms with Crippen LogP contribution < -0.4 is 4.74 Å². The van der Waals surface area contributed by atoms with E-state index in [2.05, 4.69) is 19.9 Å². The summed E-state index contributed by atoms with van der Waals surface area (Å²) in [4.78, 5) is 11.0. The van der Waals surface area contributed by atoms with Crippen molar-refractivity contribution in [3.63, 3.8) is 0 Å². The molecule has 1 aliphatic rings. The zero-order valence-corrected chi connectivity index (χ0v) is 15.5. The van der Waals surface area contributed by atoms with Crippen LogP contribution in [0.2, 0.25) is 0 Å². The van der Waals surface area contributed by atoms with Crippen LogP contribution in [0, 0.1) is 5.92 Å². The lowest BCUT2D eigenvalue weighted by Crippen LogP contribution is -2.18. The molecule has 0 saturated carbocycles. The summed E-state index contributed by atoms with van der Waals surface area (Å²) in [5.74, 6) is 0.882. The zero-order chi connectivity index (χ0) is 18.2. The molecule has 0 N–H and O–H groups in total. The Labute approximate surface area is 149 Å². The number of rotatable bonds is 8. The second kappa shape index (κ2) is 9.59. The molecule has 0 radical (unpaired) electrons. The molecule has 0 unspecified atom stereocenters. The minimum atomic E-state index is -0.424. The summed E-state index contributed by atoms with van der Waals surface area (Å²) in [5.41, 5.74) is 2.29. The second-order valence-electron chi connectivity index (χ2n) is 6.45. The molecule has 0 spiro atoms. The van der Waals surface area contributed by atoms with Crippen molar-refractivity contribution in [3.05, 3.63) is 41.5 Å². The van der Waals surface area contributed by atoms with Gasteiger partial charge >= 0.3 is 5.97 Å². The van der Waals surface area contributed by atoms with E-state index in [1.807, 2.05) is 24.3 Å². The lowest BCUT2D eigenvalue weighted by molar-refractivity contribution is -0.170. The summed E-state index contributed by atoms with van der Waals surface area (Å²) in [6.45, 7) is 6.82. The van der Waals surface area contributed by atoms with Crippen LogP contribution in [0.3, 0.4) is 0 Å². The van der Waals surface area contributed by atoms with Crippen molar-refractivity contribution in [2.75, 3.05) is 13.7 Å². The highest BCUT2D eigenvalue weighted by molar-refractivity contribution is 5.66. The average molecular weight is 348 g/mol. The van der Waals surface area contributed by atoms with Gasteiger partial charge < -0.3 is 18.9 Å². The van der Waals surface area contributed by atoms with E-state index in [9.17, 15) is 4.79 Å². The van der Waals surface area contributed by atoms with Crippen LogP contribution in [0.5, 0.6) is 5.75 Å². The Kier molecular flexibility index (Phi) is 7.47. The maximum Gasteiger partial charge on any atom is 0.304 e. The van der Waals surface area contributed by atoms with E-state index < -0.39 is 6.29 Å². The summed E-state index contributed by atoms with van der Waals surface area (Å²) in [6.07, 6.45) is 3.29. The molecule has 1 aliphatic heterocycles. The Hall–Kier alpha value is -1.85. The van der Waals surface area contributed by atoms with Gasteiger partial charge in [-0.3, -0.25) is 4.79 Å². The van der Waals surface area contributed by atoms with E-state index in [0.717, 1.165) is 29.7 Å². The fraction of sp³-hybridized carbons (Fsp3) is 0.550. The van der Waals surface area contributed by atoms with Crippen LogP contribution in [-0.4, -0.2) is 32.1 Å². The fourth-order valence-electron chi connectivity index (χ4n) is 3.00. The Bertz CT molecular complexity index is 578. The van der Waals surface area contributed by atoms with Crippen LogP contribution in [0.25, 0.3) is 0 Å². The largest absolute Gasteiger partial charge is 0.497 e.